The highest BCUT2D eigenvalue weighted by Gasteiger charge is 2.29. The Labute approximate surface area is 284 Å². The summed E-state index contributed by atoms with van der Waals surface area (Å²) in [6.07, 6.45) is 0. The number of benzene rings is 6. The van der Waals surface area contributed by atoms with Crippen molar-refractivity contribution in [3.8, 4) is 11.1 Å². The van der Waals surface area contributed by atoms with Crippen LogP contribution < -0.4 is 20.1 Å². The van der Waals surface area contributed by atoms with E-state index in [0.717, 1.165) is 11.1 Å². The fourth-order valence-electron chi connectivity index (χ4n) is 6.21. The Kier molecular flexibility index (Phi) is 6.85. The topological polar surface area (TPSA) is 185 Å². The number of carbonyl (C=O) groups excluding carboxylic acids is 4. The van der Waals surface area contributed by atoms with E-state index in [-0.39, 0.29) is 43.4 Å². The molecule has 12 nitrogen and oxygen atoms in total. The molecule has 0 saturated carbocycles. The Hall–Kier alpha value is -6.38. The van der Waals surface area contributed by atoms with Gasteiger partial charge in [0.05, 0.1) is 9.79 Å². The minimum Gasteiger partial charge on any atom is -0.288 e. The van der Waals surface area contributed by atoms with Gasteiger partial charge in [0.1, 0.15) is 0 Å². The van der Waals surface area contributed by atoms with Gasteiger partial charge in [0.25, 0.3) is 43.7 Å². The lowest BCUT2D eigenvalue weighted by molar-refractivity contribution is 0.0828. The highest BCUT2D eigenvalue weighted by atomic mass is 32.2. The third-order valence-corrected chi connectivity index (χ3v) is 11.3. The molecule has 50 heavy (non-hydrogen) atoms. The molecule has 0 aliphatic carbocycles. The molecule has 0 radical (unpaired) electrons. The van der Waals surface area contributed by atoms with Crippen molar-refractivity contribution in [2.75, 3.05) is 9.44 Å². The van der Waals surface area contributed by atoms with E-state index in [9.17, 15) is 36.0 Å². The fourth-order valence-corrected chi connectivity index (χ4v) is 8.45. The molecule has 2 aliphatic heterocycles. The van der Waals surface area contributed by atoms with Gasteiger partial charge in [-0.2, -0.15) is 0 Å². The van der Waals surface area contributed by atoms with E-state index >= 15 is 0 Å². The standard InChI is InChI=1S/C36H22N4O8S2/c41-33-27-5-1-3-21-15-25(17-29(31(21)27)35(43)37-33)49(45,46)39-23-11-7-19(8-12-23)20-9-13-24(14-10-20)40-50(47,48)26-16-22-4-2-6-28-32(22)30(18-26)36(44)38-34(28)42/h1-18,39-40H,(H,37,41,43)(H,38,42,44). The van der Waals surface area contributed by atoms with E-state index in [0.29, 0.717) is 21.5 Å². The number of imide groups is 2. The van der Waals surface area contributed by atoms with Crippen LogP contribution in [0.25, 0.3) is 32.7 Å². The van der Waals surface area contributed by atoms with Gasteiger partial charge < -0.3 is 0 Å². The van der Waals surface area contributed by atoms with Crippen molar-refractivity contribution >= 4 is 76.6 Å². The van der Waals surface area contributed by atoms with E-state index in [1.807, 2.05) is 0 Å². The molecular formula is C36H22N4O8S2. The van der Waals surface area contributed by atoms with Crippen LogP contribution in [0.4, 0.5) is 11.4 Å². The molecule has 6 aromatic carbocycles. The van der Waals surface area contributed by atoms with Crippen LogP contribution in [0.5, 0.6) is 0 Å². The van der Waals surface area contributed by atoms with Crippen LogP contribution in [-0.2, 0) is 20.0 Å². The largest absolute Gasteiger partial charge is 0.288 e. The van der Waals surface area contributed by atoms with Gasteiger partial charge in [0.15, 0.2) is 0 Å². The number of nitrogens with one attached hydrogen (secondary N) is 4. The molecule has 6 aromatic rings. The number of hydrogen-bond donors (Lipinski definition) is 4. The highest BCUT2D eigenvalue weighted by molar-refractivity contribution is 7.93. The third-order valence-electron chi connectivity index (χ3n) is 8.56. The van der Waals surface area contributed by atoms with Crippen LogP contribution in [-0.4, -0.2) is 40.5 Å². The van der Waals surface area contributed by atoms with E-state index in [2.05, 4.69) is 20.1 Å². The van der Waals surface area contributed by atoms with Crippen molar-refractivity contribution in [2.45, 2.75) is 9.79 Å². The molecule has 4 amide bonds. The van der Waals surface area contributed by atoms with Crippen LogP contribution in [0, 0.1) is 0 Å². The van der Waals surface area contributed by atoms with E-state index in [1.165, 1.54) is 24.3 Å². The van der Waals surface area contributed by atoms with Crippen molar-refractivity contribution < 1.29 is 36.0 Å². The third kappa shape index (κ3) is 5.14. The predicted molar refractivity (Wildman–Crippen MR) is 185 cm³/mol. The Bertz CT molecular complexity index is 2550. The first-order chi connectivity index (χ1) is 23.9. The smallest absolute Gasteiger partial charge is 0.261 e. The van der Waals surface area contributed by atoms with Crippen LogP contribution in [0.1, 0.15) is 41.4 Å². The molecule has 246 valence electrons. The maximum atomic E-state index is 13.3. The van der Waals surface area contributed by atoms with Crippen LogP contribution in [0.2, 0.25) is 0 Å². The number of amides is 4. The zero-order chi connectivity index (χ0) is 34.9. The van der Waals surface area contributed by atoms with E-state index < -0.39 is 43.7 Å². The van der Waals surface area contributed by atoms with Crippen molar-refractivity contribution in [1.82, 2.24) is 10.6 Å². The molecule has 4 N–H and O–H groups in total. The highest BCUT2D eigenvalue weighted by Crippen LogP contribution is 2.33. The average Bonchev–Trinajstić information content (AvgIpc) is 3.09. The van der Waals surface area contributed by atoms with Crippen LogP contribution in [0.3, 0.4) is 0 Å². The van der Waals surface area contributed by atoms with Crippen LogP contribution in [0.15, 0.2) is 119 Å². The number of carbonyl (C=O) groups is 4. The van der Waals surface area contributed by atoms with E-state index in [4.69, 9.17) is 0 Å². The quantitative estimate of drug-likeness (QED) is 0.167. The van der Waals surface area contributed by atoms with Crippen molar-refractivity contribution in [1.29, 1.82) is 0 Å². The lowest BCUT2D eigenvalue weighted by atomic mass is 9.95. The predicted octanol–water partition coefficient (Wildman–Crippen LogP) is 5.03. The van der Waals surface area contributed by atoms with Gasteiger partial charge >= 0.3 is 0 Å². The molecule has 2 heterocycles. The molecule has 0 atom stereocenters. The van der Waals surface area contributed by atoms with Gasteiger partial charge in [-0.05, 0) is 82.6 Å². The fraction of sp³-hybridized carbons (Fsp3) is 0. The normalized spacial score (nSPS) is 14.0. The molecule has 14 heteroatoms. The molecule has 8 rings (SSSR count). The molecule has 0 spiro atoms. The first kappa shape index (κ1) is 30.9. The number of sulfonamides is 2. The monoisotopic (exact) mass is 702 g/mol. The summed E-state index contributed by atoms with van der Waals surface area (Å²) < 4.78 is 58.4. The molecule has 2 aliphatic rings. The van der Waals surface area contributed by atoms with Crippen molar-refractivity contribution in [3.63, 3.8) is 0 Å². The summed E-state index contributed by atoms with van der Waals surface area (Å²) in [5.74, 6) is -2.44. The number of hydrogen-bond acceptors (Lipinski definition) is 8. The molecule has 0 unspecified atom stereocenters. The Morgan fingerprint density at radius 2 is 0.780 bits per heavy atom. The first-order valence-corrected chi connectivity index (χ1v) is 18.0. The maximum absolute atomic E-state index is 13.3. The van der Waals surface area contributed by atoms with Gasteiger partial charge in [-0.1, -0.05) is 48.5 Å². The molecule has 0 fully saturated rings. The second-order valence-electron chi connectivity index (χ2n) is 11.7. The van der Waals surface area contributed by atoms with Crippen LogP contribution >= 0.6 is 0 Å². The van der Waals surface area contributed by atoms with E-state index in [1.54, 1.807) is 84.9 Å². The minimum atomic E-state index is -4.12. The van der Waals surface area contributed by atoms with Gasteiger partial charge in [-0.3, -0.25) is 39.3 Å². The molecule has 0 saturated heterocycles. The Morgan fingerprint density at radius 1 is 0.420 bits per heavy atom. The Morgan fingerprint density at radius 3 is 1.16 bits per heavy atom. The molecular weight excluding hydrogens is 681 g/mol. The zero-order valence-electron chi connectivity index (χ0n) is 25.5. The van der Waals surface area contributed by atoms with Gasteiger partial charge in [0, 0.05) is 44.4 Å². The maximum Gasteiger partial charge on any atom is 0.261 e. The summed E-state index contributed by atoms with van der Waals surface area (Å²) in [4.78, 5) is 49.3. The number of rotatable bonds is 7. The summed E-state index contributed by atoms with van der Waals surface area (Å²) in [5.41, 5.74) is 2.72. The summed E-state index contributed by atoms with van der Waals surface area (Å²) >= 11 is 0. The summed E-state index contributed by atoms with van der Waals surface area (Å²) in [6.45, 7) is 0. The lowest BCUT2D eigenvalue weighted by Gasteiger charge is -2.18. The number of anilines is 2. The minimum absolute atomic E-state index is 0.0879. The summed E-state index contributed by atoms with van der Waals surface area (Å²) in [7, 11) is -8.25. The zero-order valence-corrected chi connectivity index (χ0v) is 27.1. The van der Waals surface area contributed by atoms with Gasteiger partial charge in [0.2, 0.25) is 0 Å². The molecule has 0 bridgehead atoms. The van der Waals surface area contributed by atoms with Gasteiger partial charge in [-0.15, -0.1) is 0 Å². The SMILES string of the molecule is O=C1NC(=O)c2cc(S(=O)(=O)Nc3ccc(-c4ccc(NS(=O)(=O)c5cc6c7c(cccc7c5)C(=O)NC6=O)cc4)cc3)cc3cccc1c23. The summed E-state index contributed by atoms with van der Waals surface area (Å²) in [5, 5.41) is 6.14. The Balaban J connectivity index is 1.00. The van der Waals surface area contributed by atoms with Crippen molar-refractivity contribution in [2.24, 2.45) is 0 Å². The first-order valence-electron chi connectivity index (χ1n) is 15.0. The lowest BCUT2D eigenvalue weighted by Crippen LogP contribution is -2.34. The van der Waals surface area contributed by atoms with Crippen molar-refractivity contribution in [3.05, 3.63) is 131 Å². The average molecular weight is 703 g/mol. The molecule has 0 aromatic heterocycles. The second-order valence-corrected chi connectivity index (χ2v) is 15.0. The second kappa shape index (κ2) is 11.1. The summed E-state index contributed by atoms with van der Waals surface area (Å²) in [6, 6.07) is 28.0. The van der Waals surface area contributed by atoms with Gasteiger partial charge in [-0.25, -0.2) is 16.8 Å².